The fraction of sp³-hybridized carbons (Fsp3) is 0.400. The van der Waals surface area contributed by atoms with Gasteiger partial charge in [0.1, 0.15) is 11.9 Å². The number of aliphatic hydroxyl groups excluding tert-OH is 1. The molecule has 0 aliphatic heterocycles. The third-order valence-corrected chi connectivity index (χ3v) is 3.72. The van der Waals surface area contributed by atoms with Crippen molar-refractivity contribution in [3.63, 3.8) is 0 Å². The summed E-state index contributed by atoms with van der Waals surface area (Å²) in [5, 5.41) is 15.2. The first kappa shape index (κ1) is 15.0. The zero-order valence-electron chi connectivity index (χ0n) is 12.0. The molecule has 0 amide bonds. The van der Waals surface area contributed by atoms with Gasteiger partial charge < -0.3 is 5.11 Å². The fourth-order valence-electron chi connectivity index (χ4n) is 2.59. The van der Waals surface area contributed by atoms with Gasteiger partial charge in [-0.3, -0.25) is 4.68 Å². The highest BCUT2D eigenvalue weighted by atomic mass is 35.5. The second-order valence-corrected chi connectivity index (χ2v) is 5.64. The topological polar surface area (TPSA) is 38.0 Å². The van der Waals surface area contributed by atoms with Crippen LogP contribution in [0.5, 0.6) is 0 Å². The van der Waals surface area contributed by atoms with Crippen LogP contribution >= 0.6 is 11.6 Å². The van der Waals surface area contributed by atoms with E-state index in [0.29, 0.717) is 5.56 Å². The summed E-state index contributed by atoms with van der Waals surface area (Å²) in [7, 11) is 1.85. The van der Waals surface area contributed by atoms with Crippen molar-refractivity contribution in [3.8, 4) is 0 Å². The van der Waals surface area contributed by atoms with E-state index < -0.39 is 11.9 Å². The molecule has 1 N–H and O–H groups in total. The van der Waals surface area contributed by atoms with E-state index in [2.05, 4.69) is 5.10 Å². The maximum absolute atomic E-state index is 13.1. The summed E-state index contributed by atoms with van der Waals surface area (Å²) >= 11 is 6.04. The lowest BCUT2D eigenvalue weighted by molar-refractivity contribution is 0.217. The van der Waals surface area contributed by atoms with E-state index in [0.717, 1.165) is 17.0 Å². The average molecular weight is 297 g/mol. The molecule has 0 radical (unpaired) electrons. The molecule has 0 saturated heterocycles. The lowest BCUT2D eigenvalue weighted by Gasteiger charge is -2.17. The third kappa shape index (κ3) is 2.58. The normalized spacial score (nSPS) is 13.0. The molecular formula is C15H18ClFN2O. The number of rotatable bonds is 3. The van der Waals surface area contributed by atoms with Crippen molar-refractivity contribution in [3.05, 3.63) is 51.6 Å². The van der Waals surface area contributed by atoms with Crippen LogP contribution in [0.25, 0.3) is 0 Å². The Bertz CT molecular complexity index is 637. The van der Waals surface area contributed by atoms with Crippen LogP contribution in [0, 0.1) is 12.7 Å². The van der Waals surface area contributed by atoms with Gasteiger partial charge in [0.25, 0.3) is 0 Å². The summed E-state index contributed by atoms with van der Waals surface area (Å²) in [5.74, 6) is -0.206. The molecule has 0 fully saturated rings. The summed E-state index contributed by atoms with van der Waals surface area (Å²) in [5.41, 5.74) is 2.95. The van der Waals surface area contributed by atoms with Gasteiger partial charge in [-0.25, -0.2) is 4.39 Å². The van der Waals surface area contributed by atoms with E-state index in [-0.39, 0.29) is 10.9 Å². The summed E-state index contributed by atoms with van der Waals surface area (Å²) in [6.07, 6.45) is -0.908. The Hall–Kier alpha value is -1.39. The molecule has 0 aliphatic rings. The van der Waals surface area contributed by atoms with Gasteiger partial charge in [-0.05, 0) is 25.0 Å². The molecule has 0 saturated carbocycles. The van der Waals surface area contributed by atoms with Crippen LogP contribution in [0.15, 0.2) is 18.2 Å². The Morgan fingerprint density at radius 1 is 1.35 bits per heavy atom. The van der Waals surface area contributed by atoms with Crippen LogP contribution in [0.4, 0.5) is 4.39 Å². The number of hydrogen-bond acceptors (Lipinski definition) is 2. The smallest absolute Gasteiger partial charge is 0.124 e. The zero-order valence-corrected chi connectivity index (χ0v) is 12.7. The lowest BCUT2D eigenvalue weighted by Crippen LogP contribution is -2.08. The molecule has 1 aromatic carbocycles. The Morgan fingerprint density at radius 3 is 2.55 bits per heavy atom. The molecular weight excluding hydrogens is 279 g/mol. The molecule has 5 heteroatoms. The minimum atomic E-state index is -0.908. The monoisotopic (exact) mass is 296 g/mol. The van der Waals surface area contributed by atoms with Gasteiger partial charge in [0.15, 0.2) is 0 Å². The van der Waals surface area contributed by atoms with E-state index in [4.69, 9.17) is 11.6 Å². The van der Waals surface area contributed by atoms with Gasteiger partial charge >= 0.3 is 0 Å². The molecule has 2 aromatic rings. The summed E-state index contributed by atoms with van der Waals surface area (Å²) < 4.78 is 14.9. The molecule has 108 valence electrons. The highest BCUT2D eigenvalue weighted by Gasteiger charge is 2.25. The summed E-state index contributed by atoms with van der Waals surface area (Å²) in [6, 6.07) is 4.02. The van der Waals surface area contributed by atoms with Crippen LogP contribution < -0.4 is 0 Å². The maximum atomic E-state index is 13.1. The van der Waals surface area contributed by atoms with Gasteiger partial charge in [0, 0.05) is 28.9 Å². The van der Waals surface area contributed by atoms with E-state index in [1.807, 2.05) is 27.8 Å². The first-order valence-corrected chi connectivity index (χ1v) is 6.87. The number of benzene rings is 1. The highest BCUT2D eigenvalue weighted by molar-refractivity contribution is 6.31. The van der Waals surface area contributed by atoms with Crippen LogP contribution in [0.3, 0.4) is 0 Å². The Labute approximate surface area is 123 Å². The van der Waals surface area contributed by atoms with Gasteiger partial charge in [-0.15, -0.1) is 0 Å². The van der Waals surface area contributed by atoms with E-state index >= 15 is 0 Å². The van der Waals surface area contributed by atoms with Gasteiger partial charge in [0.2, 0.25) is 0 Å². The first-order valence-electron chi connectivity index (χ1n) is 6.49. The predicted octanol–water partition coefficient (Wildman–Crippen LogP) is 3.73. The van der Waals surface area contributed by atoms with Gasteiger partial charge in [0.05, 0.1) is 5.69 Å². The molecule has 2 rings (SSSR count). The second-order valence-electron chi connectivity index (χ2n) is 5.23. The van der Waals surface area contributed by atoms with Crippen LogP contribution in [-0.4, -0.2) is 14.9 Å². The molecule has 3 nitrogen and oxygen atoms in total. The van der Waals surface area contributed by atoms with Crippen molar-refractivity contribution in [1.29, 1.82) is 0 Å². The van der Waals surface area contributed by atoms with Gasteiger partial charge in [-0.2, -0.15) is 5.10 Å². The fourth-order valence-corrected chi connectivity index (χ4v) is 2.86. The van der Waals surface area contributed by atoms with Crippen LogP contribution in [0.1, 0.15) is 48.4 Å². The number of aryl methyl sites for hydroxylation is 2. The number of aliphatic hydroxyl groups is 1. The minimum absolute atomic E-state index is 0.213. The summed E-state index contributed by atoms with van der Waals surface area (Å²) in [4.78, 5) is 0. The molecule has 0 bridgehead atoms. The van der Waals surface area contributed by atoms with Crippen LogP contribution in [0.2, 0.25) is 5.02 Å². The molecule has 1 unspecified atom stereocenters. The molecule has 20 heavy (non-hydrogen) atoms. The van der Waals surface area contributed by atoms with Crippen molar-refractivity contribution in [2.24, 2.45) is 7.05 Å². The minimum Gasteiger partial charge on any atom is -0.383 e. The van der Waals surface area contributed by atoms with E-state index in [9.17, 15) is 9.50 Å². The first-order chi connectivity index (χ1) is 9.32. The lowest BCUT2D eigenvalue weighted by atomic mass is 9.95. The Kier molecular flexibility index (Phi) is 4.16. The van der Waals surface area contributed by atoms with Crippen molar-refractivity contribution < 1.29 is 9.50 Å². The molecule has 1 aromatic heterocycles. The quantitative estimate of drug-likeness (QED) is 0.937. The molecule has 1 atom stereocenters. The third-order valence-electron chi connectivity index (χ3n) is 3.39. The zero-order chi connectivity index (χ0) is 15.0. The Morgan fingerprint density at radius 2 is 2.00 bits per heavy atom. The molecule has 0 spiro atoms. The van der Waals surface area contributed by atoms with Crippen molar-refractivity contribution in [2.45, 2.75) is 32.8 Å². The van der Waals surface area contributed by atoms with Crippen LogP contribution in [-0.2, 0) is 7.05 Å². The highest BCUT2D eigenvalue weighted by Crippen LogP contribution is 2.34. The number of aromatic nitrogens is 2. The van der Waals surface area contributed by atoms with Gasteiger partial charge in [-0.1, -0.05) is 31.5 Å². The molecule has 0 aliphatic carbocycles. The maximum Gasteiger partial charge on any atom is 0.124 e. The van der Waals surface area contributed by atoms with E-state index in [1.54, 1.807) is 4.68 Å². The number of hydrogen-bond donors (Lipinski definition) is 1. The van der Waals surface area contributed by atoms with Crippen molar-refractivity contribution in [1.82, 2.24) is 9.78 Å². The largest absolute Gasteiger partial charge is 0.383 e. The van der Waals surface area contributed by atoms with Crippen molar-refractivity contribution in [2.75, 3.05) is 0 Å². The predicted molar refractivity (Wildman–Crippen MR) is 77.5 cm³/mol. The van der Waals surface area contributed by atoms with E-state index in [1.165, 1.54) is 18.2 Å². The average Bonchev–Trinajstić information content (AvgIpc) is 2.63. The molecule has 1 heterocycles. The number of halogens is 2. The van der Waals surface area contributed by atoms with Crippen molar-refractivity contribution >= 4 is 11.6 Å². The Balaban J connectivity index is 2.56. The standard InChI is InChI=1S/C15H18ClFN2O/c1-8(2)14-13(9(3)18-19(14)4)15(20)11-6-5-10(17)7-12(11)16/h5-8,15,20H,1-4H3. The number of nitrogens with zero attached hydrogens (tertiary/aromatic N) is 2. The SMILES string of the molecule is Cc1nn(C)c(C(C)C)c1C(O)c1ccc(F)cc1Cl. The second kappa shape index (κ2) is 5.54. The summed E-state index contributed by atoms with van der Waals surface area (Å²) in [6.45, 7) is 5.93.